The number of hydrogen-bond donors (Lipinski definition) is 3. The minimum atomic E-state index is -0.264. The Hall–Kier alpha value is -2.80. The summed E-state index contributed by atoms with van der Waals surface area (Å²) in [6, 6.07) is 10.9. The van der Waals surface area contributed by atoms with Gasteiger partial charge in [-0.15, -0.1) is 0 Å². The van der Waals surface area contributed by atoms with E-state index in [4.69, 9.17) is 0 Å². The number of pyridine rings is 1. The van der Waals surface area contributed by atoms with E-state index in [0.717, 1.165) is 11.2 Å². The number of aromatic amines is 1. The minimum Gasteiger partial charge on any atom is -0.393 e. The lowest BCUT2D eigenvalue weighted by atomic mass is 9.76. The second kappa shape index (κ2) is 6.60. The van der Waals surface area contributed by atoms with Gasteiger partial charge in [0.15, 0.2) is 0 Å². The van der Waals surface area contributed by atoms with E-state index in [1.54, 1.807) is 24.4 Å². The van der Waals surface area contributed by atoms with Crippen LogP contribution in [0.4, 0.5) is 0 Å². The van der Waals surface area contributed by atoms with E-state index in [0.29, 0.717) is 30.3 Å². The lowest BCUT2D eigenvalue weighted by molar-refractivity contribution is 0.0238. The molecule has 1 aliphatic carbocycles. The maximum Gasteiger partial charge on any atom is 0.251 e. The van der Waals surface area contributed by atoms with Gasteiger partial charge >= 0.3 is 0 Å². The molecule has 0 radical (unpaired) electrons. The summed E-state index contributed by atoms with van der Waals surface area (Å²) in [4.78, 5) is 17.0. The molecule has 2 aromatic heterocycles. The molecule has 1 aliphatic rings. The highest BCUT2D eigenvalue weighted by atomic mass is 16.3. The Morgan fingerprint density at radius 1 is 1.24 bits per heavy atom. The van der Waals surface area contributed by atoms with Crippen molar-refractivity contribution in [2.45, 2.75) is 31.4 Å². The van der Waals surface area contributed by atoms with Gasteiger partial charge in [0.25, 0.3) is 5.91 Å². The summed E-state index contributed by atoms with van der Waals surface area (Å²) in [7, 11) is 0. The third-order valence-electron chi connectivity index (χ3n) is 4.77. The van der Waals surface area contributed by atoms with Crippen molar-refractivity contribution in [3.8, 4) is 0 Å². The molecule has 3 aromatic rings. The fourth-order valence-corrected chi connectivity index (χ4v) is 3.27. The van der Waals surface area contributed by atoms with Crippen molar-refractivity contribution in [3.05, 3.63) is 53.9 Å². The van der Waals surface area contributed by atoms with Crippen LogP contribution in [0.3, 0.4) is 0 Å². The molecule has 0 aliphatic heterocycles. The summed E-state index contributed by atoms with van der Waals surface area (Å²) in [5, 5.41) is 23.3. The van der Waals surface area contributed by atoms with Crippen LogP contribution < -0.4 is 5.32 Å². The predicted octanol–water partition coefficient (Wildman–Crippen LogP) is 1.46. The van der Waals surface area contributed by atoms with Crippen LogP contribution in [-0.2, 0) is 6.42 Å². The second-order valence-corrected chi connectivity index (χ2v) is 6.52. The van der Waals surface area contributed by atoms with Gasteiger partial charge in [0.2, 0.25) is 0 Å². The average molecular weight is 337 g/mol. The number of nitrogens with one attached hydrogen (secondary N) is 2. The molecule has 3 N–H and O–H groups in total. The first-order chi connectivity index (χ1) is 12.2. The Labute approximate surface area is 144 Å². The van der Waals surface area contributed by atoms with Gasteiger partial charge in [-0.25, -0.2) is 0 Å². The van der Waals surface area contributed by atoms with Gasteiger partial charge in [0.1, 0.15) is 11.0 Å². The maximum atomic E-state index is 12.7. The van der Waals surface area contributed by atoms with Crippen molar-refractivity contribution in [1.82, 2.24) is 25.7 Å². The number of hydrogen-bond acceptors (Lipinski definition) is 5. The lowest BCUT2D eigenvalue weighted by Crippen LogP contribution is -2.48. The van der Waals surface area contributed by atoms with Crippen molar-refractivity contribution < 1.29 is 9.90 Å². The number of amides is 1. The number of rotatable bonds is 5. The molecule has 2 heterocycles. The summed E-state index contributed by atoms with van der Waals surface area (Å²) in [5.41, 5.74) is 2.87. The zero-order valence-corrected chi connectivity index (χ0v) is 13.6. The number of benzene rings is 1. The van der Waals surface area contributed by atoms with Crippen LogP contribution >= 0.6 is 0 Å². The normalized spacial score (nSPS) is 20.8. The number of aliphatic hydroxyl groups is 1. The van der Waals surface area contributed by atoms with Crippen molar-refractivity contribution in [3.63, 3.8) is 0 Å². The zero-order valence-electron chi connectivity index (χ0n) is 13.6. The van der Waals surface area contributed by atoms with E-state index in [1.807, 2.05) is 18.2 Å². The van der Waals surface area contributed by atoms with Gasteiger partial charge in [-0.1, -0.05) is 6.07 Å². The van der Waals surface area contributed by atoms with E-state index < -0.39 is 0 Å². The SMILES string of the molecule is O=C(N[C@H](Cc1ccccn1)C1CC(O)C1)c1ccc2n[nH]nc2c1. The lowest BCUT2D eigenvalue weighted by Gasteiger charge is -2.38. The van der Waals surface area contributed by atoms with Crippen molar-refractivity contribution in [2.75, 3.05) is 0 Å². The smallest absolute Gasteiger partial charge is 0.251 e. The molecule has 25 heavy (non-hydrogen) atoms. The third kappa shape index (κ3) is 3.36. The Kier molecular flexibility index (Phi) is 4.15. The fourth-order valence-electron chi connectivity index (χ4n) is 3.27. The molecule has 1 amide bonds. The van der Waals surface area contributed by atoms with Crippen LogP contribution in [0.15, 0.2) is 42.6 Å². The van der Waals surface area contributed by atoms with Crippen LogP contribution in [0.1, 0.15) is 28.9 Å². The van der Waals surface area contributed by atoms with E-state index in [1.165, 1.54) is 0 Å². The van der Waals surface area contributed by atoms with E-state index in [9.17, 15) is 9.90 Å². The highest BCUT2D eigenvalue weighted by Crippen LogP contribution is 2.31. The number of H-pyrrole nitrogens is 1. The number of nitrogens with zero attached hydrogens (tertiary/aromatic N) is 3. The predicted molar refractivity (Wildman–Crippen MR) is 91.8 cm³/mol. The van der Waals surface area contributed by atoms with Gasteiger partial charge in [0.05, 0.1) is 6.10 Å². The third-order valence-corrected chi connectivity index (χ3v) is 4.77. The topological polar surface area (TPSA) is 104 Å². The molecule has 0 unspecified atom stereocenters. The average Bonchev–Trinajstić information content (AvgIpc) is 3.07. The summed E-state index contributed by atoms with van der Waals surface area (Å²) in [5.74, 6) is 0.115. The van der Waals surface area contributed by atoms with Crippen LogP contribution in [0.5, 0.6) is 0 Å². The molecule has 7 nitrogen and oxygen atoms in total. The van der Waals surface area contributed by atoms with Crippen LogP contribution in [-0.4, -0.2) is 43.6 Å². The fraction of sp³-hybridized carbons (Fsp3) is 0.333. The van der Waals surface area contributed by atoms with Crippen molar-refractivity contribution in [2.24, 2.45) is 5.92 Å². The van der Waals surface area contributed by atoms with Gasteiger partial charge < -0.3 is 10.4 Å². The number of fused-ring (bicyclic) bond motifs is 1. The van der Waals surface area contributed by atoms with Gasteiger partial charge in [-0.2, -0.15) is 15.4 Å². The zero-order chi connectivity index (χ0) is 17.2. The highest BCUT2D eigenvalue weighted by molar-refractivity contribution is 5.97. The summed E-state index contributed by atoms with van der Waals surface area (Å²) in [6.45, 7) is 0. The minimum absolute atomic E-state index is 0.0567. The molecule has 128 valence electrons. The van der Waals surface area contributed by atoms with E-state index in [2.05, 4.69) is 25.7 Å². The molecule has 1 saturated carbocycles. The van der Waals surface area contributed by atoms with Crippen LogP contribution in [0.25, 0.3) is 11.0 Å². The Balaban J connectivity index is 1.51. The summed E-state index contributed by atoms with van der Waals surface area (Å²) < 4.78 is 0. The van der Waals surface area contributed by atoms with Gasteiger partial charge in [-0.3, -0.25) is 9.78 Å². The first kappa shape index (κ1) is 15.7. The van der Waals surface area contributed by atoms with Crippen LogP contribution in [0.2, 0.25) is 0 Å². The van der Waals surface area contributed by atoms with Crippen molar-refractivity contribution in [1.29, 1.82) is 0 Å². The highest BCUT2D eigenvalue weighted by Gasteiger charge is 2.35. The molecule has 1 atom stereocenters. The summed E-state index contributed by atoms with van der Waals surface area (Å²) in [6.07, 6.45) is 3.55. The number of aromatic nitrogens is 4. The van der Waals surface area contributed by atoms with E-state index >= 15 is 0 Å². The molecule has 0 spiro atoms. The molecular formula is C18H19N5O2. The van der Waals surface area contributed by atoms with Crippen molar-refractivity contribution >= 4 is 16.9 Å². The molecule has 1 aromatic carbocycles. The van der Waals surface area contributed by atoms with E-state index in [-0.39, 0.29) is 24.0 Å². The molecule has 7 heteroatoms. The molecule has 4 rings (SSSR count). The molecule has 0 saturated heterocycles. The largest absolute Gasteiger partial charge is 0.393 e. The number of aliphatic hydroxyl groups excluding tert-OH is 1. The monoisotopic (exact) mass is 337 g/mol. The molecule has 1 fully saturated rings. The second-order valence-electron chi connectivity index (χ2n) is 6.52. The molecular weight excluding hydrogens is 318 g/mol. The number of carbonyl (C=O) groups excluding carboxylic acids is 1. The summed E-state index contributed by atoms with van der Waals surface area (Å²) >= 11 is 0. The van der Waals surface area contributed by atoms with Gasteiger partial charge in [-0.05, 0) is 49.1 Å². The van der Waals surface area contributed by atoms with Gasteiger partial charge in [0, 0.05) is 29.9 Å². The molecule has 0 bridgehead atoms. The standard InChI is InChI=1S/C18H19N5O2/c24-14-7-12(8-14)16(10-13-3-1-2-6-19-13)20-18(25)11-4-5-15-17(9-11)22-23-21-15/h1-6,9,12,14,16,24H,7-8,10H2,(H,20,25)(H,21,22,23)/t12?,14?,16-/m1/s1. The first-order valence-corrected chi connectivity index (χ1v) is 8.38. The maximum absolute atomic E-state index is 12.7. The quantitative estimate of drug-likeness (QED) is 0.654. The Morgan fingerprint density at radius 3 is 2.84 bits per heavy atom. The Bertz CT molecular complexity index is 873. The first-order valence-electron chi connectivity index (χ1n) is 8.38. The number of carbonyl (C=O) groups is 1. The Morgan fingerprint density at radius 2 is 2.08 bits per heavy atom. The van der Waals surface area contributed by atoms with Crippen LogP contribution in [0, 0.1) is 5.92 Å².